The molecule has 0 aromatic carbocycles. The molecule has 1 heterocycles. The third-order valence-electron chi connectivity index (χ3n) is 3.18. The van der Waals surface area contributed by atoms with Gasteiger partial charge in [-0.2, -0.15) is 0 Å². The zero-order valence-electron chi connectivity index (χ0n) is 12.7. The third-order valence-corrected chi connectivity index (χ3v) is 3.18. The van der Waals surface area contributed by atoms with Gasteiger partial charge in [0.1, 0.15) is 5.76 Å². The molecule has 2 N–H and O–H groups in total. The summed E-state index contributed by atoms with van der Waals surface area (Å²) in [4.78, 5) is 13.1. The number of nitrogens with zero attached hydrogens (tertiary/aromatic N) is 1. The van der Waals surface area contributed by atoms with E-state index < -0.39 is 6.09 Å². The summed E-state index contributed by atoms with van der Waals surface area (Å²) in [6, 6.07) is 3.16. The van der Waals surface area contributed by atoms with Gasteiger partial charge in [0.15, 0.2) is 0 Å². The molecule has 0 spiro atoms. The van der Waals surface area contributed by atoms with Crippen molar-refractivity contribution in [2.75, 3.05) is 13.2 Å². The second kappa shape index (κ2) is 6.79. The molecule has 1 aromatic rings. The summed E-state index contributed by atoms with van der Waals surface area (Å²) in [5.41, 5.74) is -0.151. The summed E-state index contributed by atoms with van der Waals surface area (Å²) in [6.07, 6.45) is 1.11. The van der Waals surface area contributed by atoms with Crippen LogP contribution in [-0.4, -0.2) is 34.4 Å². The Hall–Kier alpha value is -1.49. The van der Waals surface area contributed by atoms with Crippen LogP contribution in [0.3, 0.4) is 0 Å². The van der Waals surface area contributed by atoms with E-state index in [2.05, 4.69) is 0 Å². The Bertz CT molecular complexity index is 408. The molecule has 0 aliphatic carbocycles. The smallest absolute Gasteiger partial charge is 0.407 e. The first-order chi connectivity index (χ1) is 9.26. The van der Waals surface area contributed by atoms with Crippen molar-refractivity contribution in [3.05, 3.63) is 24.2 Å². The minimum absolute atomic E-state index is 0.0235. The van der Waals surface area contributed by atoms with E-state index in [-0.39, 0.29) is 24.0 Å². The van der Waals surface area contributed by atoms with Gasteiger partial charge in [-0.1, -0.05) is 27.7 Å². The molecule has 20 heavy (non-hydrogen) atoms. The van der Waals surface area contributed by atoms with Crippen LogP contribution in [0.25, 0.3) is 0 Å². The lowest BCUT2D eigenvalue weighted by Gasteiger charge is -2.36. The van der Waals surface area contributed by atoms with Gasteiger partial charge >= 0.3 is 6.09 Å². The average molecular weight is 283 g/mol. The fourth-order valence-corrected chi connectivity index (χ4v) is 2.36. The Labute approximate surface area is 120 Å². The van der Waals surface area contributed by atoms with Crippen LogP contribution in [0.1, 0.15) is 45.9 Å². The molecular formula is C15H25NO4. The minimum atomic E-state index is -0.967. The van der Waals surface area contributed by atoms with E-state index in [1.54, 1.807) is 18.4 Å². The van der Waals surface area contributed by atoms with E-state index in [4.69, 9.17) is 9.52 Å². The summed E-state index contributed by atoms with van der Waals surface area (Å²) >= 11 is 0. The quantitative estimate of drug-likeness (QED) is 0.839. The summed E-state index contributed by atoms with van der Waals surface area (Å²) in [5, 5.41) is 18.7. The molecular weight excluding hydrogens is 258 g/mol. The van der Waals surface area contributed by atoms with Crippen molar-refractivity contribution in [3.63, 3.8) is 0 Å². The van der Waals surface area contributed by atoms with Crippen LogP contribution >= 0.6 is 0 Å². The normalized spacial score (nSPS) is 14.8. The predicted molar refractivity (Wildman–Crippen MR) is 76.5 cm³/mol. The lowest BCUT2D eigenvalue weighted by Crippen LogP contribution is -2.42. The Morgan fingerprint density at radius 3 is 2.50 bits per heavy atom. The number of carboxylic acid groups (broad SMARTS) is 1. The van der Waals surface area contributed by atoms with Gasteiger partial charge in [-0.25, -0.2) is 4.79 Å². The number of aliphatic hydroxyl groups is 1. The number of rotatable bonds is 6. The van der Waals surface area contributed by atoms with E-state index in [1.165, 1.54) is 4.90 Å². The number of furan rings is 1. The fraction of sp³-hybridized carbons (Fsp3) is 0.667. The van der Waals surface area contributed by atoms with Crippen molar-refractivity contribution >= 4 is 6.09 Å². The maximum Gasteiger partial charge on any atom is 0.407 e. The first-order valence-electron chi connectivity index (χ1n) is 6.90. The first-order valence-corrected chi connectivity index (χ1v) is 6.90. The number of amides is 1. The van der Waals surface area contributed by atoms with Crippen molar-refractivity contribution < 1.29 is 19.4 Å². The second-order valence-corrected chi connectivity index (χ2v) is 6.42. The Balaban J connectivity index is 3.08. The van der Waals surface area contributed by atoms with Crippen molar-refractivity contribution in [1.29, 1.82) is 0 Å². The summed E-state index contributed by atoms with van der Waals surface area (Å²) in [7, 11) is 0. The molecule has 1 aromatic heterocycles. The molecule has 0 unspecified atom stereocenters. The monoisotopic (exact) mass is 283 g/mol. The highest BCUT2D eigenvalue weighted by Gasteiger charge is 2.34. The predicted octanol–water partition coefficient (Wildman–Crippen LogP) is 3.37. The molecule has 114 valence electrons. The summed E-state index contributed by atoms with van der Waals surface area (Å²) in [6.45, 7) is 8.36. The molecule has 0 radical (unpaired) electrons. The van der Waals surface area contributed by atoms with E-state index in [9.17, 15) is 9.90 Å². The van der Waals surface area contributed by atoms with Crippen LogP contribution in [0.2, 0.25) is 0 Å². The van der Waals surface area contributed by atoms with E-state index in [0.29, 0.717) is 18.7 Å². The maximum absolute atomic E-state index is 11.6. The highest BCUT2D eigenvalue weighted by molar-refractivity contribution is 5.65. The highest BCUT2D eigenvalue weighted by atomic mass is 16.4. The molecule has 5 nitrogen and oxygen atoms in total. The van der Waals surface area contributed by atoms with Crippen LogP contribution in [0.5, 0.6) is 0 Å². The highest BCUT2D eigenvalue weighted by Crippen LogP contribution is 2.33. The van der Waals surface area contributed by atoms with Gasteiger partial charge in [-0.3, -0.25) is 4.90 Å². The molecule has 0 saturated heterocycles. The molecule has 2 atom stereocenters. The summed E-state index contributed by atoms with van der Waals surface area (Å²) in [5.74, 6) is 0.599. The maximum atomic E-state index is 11.6. The van der Waals surface area contributed by atoms with Crippen LogP contribution in [0.4, 0.5) is 4.79 Å². The summed E-state index contributed by atoms with van der Waals surface area (Å²) < 4.78 is 5.42. The van der Waals surface area contributed by atoms with Gasteiger partial charge in [0.2, 0.25) is 0 Å². The topological polar surface area (TPSA) is 73.9 Å². The van der Waals surface area contributed by atoms with Gasteiger partial charge in [-0.15, -0.1) is 0 Å². The Morgan fingerprint density at radius 1 is 1.45 bits per heavy atom. The molecule has 1 amide bonds. The van der Waals surface area contributed by atoms with Gasteiger partial charge in [0.05, 0.1) is 12.3 Å². The average Bonchev–Trinajstić information content (AvgIpc) is 2.80. The Morgan fingerprint density at radius 2 is 2.10 bits per heavy atom. The molecule has 0 fully saturated rings. The van der Waals surface area contributed by atoms with E-state index in [1.807, 2.05) is 27.7 Å². The van der Waals surface area contributed by atoms with Crippen molar-refractivity contribution in [2.24, 2.45) is 11.3 Å². The molecule has 0 aliphatic rings. The van der Waals surface area contributed by atoms with Gasteiger partial charge < -0.3 is 14.6 Å². The van der Waals surface area contributed by atoms with Gasteiger partial charge in [0.25, 0.3) is 0 Å². The second-order valence-electron chi connectivity index (χ2n) is 6.42. The zero-order valence-corrected chi connectivity index (χ0v) is 12.7. The lowest BCUT2D eigenvalue weighted by atomic mass is 9.91. The lowest BCUT2D eigenvalue weighted by molar-refractivity contribution is 0.0688. The third kappa shape index (κ3) is 4.56. The van der Waals surface area contributed by atoms with E-state index >= 15 is 0 Å². The fourth-order valence-electron chi connectivity index (χ4n) is 2.36. The van der Waals surface area contributed by atoms with E-state index in [0.717, 1.165) is 0 Å². The number of aliphatic hydroxyl groups excluding tert-OH is 1. The van der Waals surface area contributed by atoms with Crippen LogP contribution in [-0.2, 0) is 0 Å². The molecule has 1 rings (SSSR count). The largest absolute Gasteiger partial charge is 0.467 e. The minimum Gasteiger partial charge on any atom is -0.467 e. The Kier molecular flexibility index (Phi) is 5.62. The van der Waals surface area contributed by atoms with Gasteiger partial charge in [-0.05, 0) is 29.9 Å². The number of carbonyl (C=O) groups is 1. The van der Waals surface area contributed by atoms with Crippen molar-refractivity contribution in [2.45, 2.75) is 40.2 Å². The number of hydrogen-bond donors (Lipinski definition) is 2. The molecule has 5 heteroatoms. The van der Waals surface area contributed by atoms with Gasteiger partial charge in [0, 0.05) is 13.2 Å². The SMILES string of the molecule is C[C@H](CCO)[C@@H](c1ccco1)N(CC(C)(C)C)C(=O)O. The van der Waals surface area contributed by atoms with Crippen LogP contribution < -0.4 is 0 Å². The van der Waals surface area contributed by atoms with Crippen molar-refractivity contribution in [1.82, 2.24) is 4.90 Å². The molecule has 0 bridgehead atoms. The standard InChI is InChI=1S/C15H25NO4/c1-11(7-8-17)13(12-6-5-9-20-12)16(14(18)19)10-15(2,3)4/h5-6,9,11,13,17H,7-8,10H2,1-4H3,(H,18,19)/t11-,13+/m1/s1. The number of hydrogen-bond acceptors (Lipinski definition) is 3. The zero-order chi connectivity index (χ0) is 15.3. The molecule has 0 saturated carbocycles. The first kappa shape index (κ1) is 16.6. The van der Waals surface area contributed by atoms with Crippen LogP contribution in [0, 0.1) is 11.3 Å². The van der Waals surface area contributed by atoms with Crippen LogP contribution in [0.15, 0.2) is 22.8 Å². The molecule has 0 aliphatic heterocycles. The van der Waals surface area contributed by atoms with Crippen molar-refractivity contribution in [3.8, 4) is 0 Å².